The Morgan fingerprint density at radius 2 is 2.04 bits per heavy atom. The third kappa shape index (κ3) is 4.47. The van der Waals surface area contributed by atoms with Crippen molar-refractivity contribution in [2.24, 2.45) is 11.7 Å². The summed E-state index contributed by atoms with van der Waals surface area (Å²) in [5.74, 6) is -1.50. The molecule has 7 nitrogen and oxygen atoms in total. The number of primary amides is 1. The Morgan fingerprint density at radius 1 is 1.35 bits per heavy atom. The van der Waals surface area contributed by atoms with Crippen molar-refractivity contribution in [2.45, 2.75) is 6.42 Å². The SMILES string of the molecule is NC(=O)[C@H](CNc1ccncc1[N+](=O)[O-])Cc1ccc(F)cc1. The Morgan fingerprint density at radius 3 is 2.65 bits per heavy atom. The Bertz CT molecular complexity index is 706. The lowest BCUT2D eigenvalue weighted by atomic mass is 9.98. The maximum absolute atomic E-state index is 12.9. The predicted octanol–water partition coefficient (Wildman–Crippen LogP) is 1.88. The first-order chi connectivity index (χ1) is 11.0. The lowest BCUT2D eigenvalue weighted by Crippen LogP contribution is -2.31. The number of hydrogen-bond acceptors (Lipinski definition) is 5. The molecule has 2 aromatic rings. The largest absolute Gasteiger partial charge is 0.379 e. The summed E-state index contributed by atoms with van der Waals surface area (Å²) in [7, 11) is 0. The fourth-order valence-electron chi connectivity index (χ4n) is 2.09. The molecule has 2 rings (SSSR count). The second kappa shape index (κ2) is 7.30. The molecule has 1 amide bonds. The van der Waals surface area contributed by atoms with Crippen LogP contribution >= 0.6 is 0 Å². The van der Waals surface area contributed by atoms with Crippen LogP contribution in [0.5, 0.6) is 0 Å². The molecule has 1 aromatic heterocycles. The fourth-order valence-corrected chi connectivity index (χ4v) is 2.09. The second-order valence-electron chi connectivity index (χ2n) is 4.96. The van der Waals surface area contributed by atoms with Gasteiger partial charge < -0.3 is 11.1 Å². The molecule has 3 N–H and O–H groups in total. The Balaban J connectivity index is 2.07. The zero-order valence-electron chi connectivity index (χ0n) is 12.1. The van der Waals surface area contributed by atoms with Crippen LogP contribution in [0.15, 0.2) is 42.7 Å². The Hall–Kier alpha value is -3.03. The summed E-state index contributed by atoms with van der Waals surface area (Å²) in [6, 6.07) is 7.19. The van der Waals surface area contributed by atoms with Gasteiger partial charge in [-0.15, -0.1) is 0 Å². The minimum atomic E-state index is -0.590. The quantitative estimate of drug-likeness (QED) is 0.598. The van der Waals surface area contributed by atoms with Gasteiger partial charge >= 0.3 is 5.69 Å². The third-order valence-electron chi connectivity index (χ3n) is 3.33. The number of carbonyl (C=O) groups is 1. The highest BCUT2D eigenvalue weighted by atomic mass is 19.1. The van der Waals surface area contributed by atoms with Gasteiger partial charge in [0.25, 0.3) is 0 Å². The number of rotatable bonds is 7. The molecule has 0 saturated heterocycles. The molecular formula is C15H15FN4O3. The average Bonchev–Trinajstić information content (AvgIpc) is 2.53. The third-order valence-corrected chi connectivity index (χ3v) is 3.33. The molecule has 0 aliphatic carbocycles. The topological polar surface area (TPSA) is 111 Å². The number of nitrogens with two attached hydrogens (primary N) is 1. The van der Waals surface area contributed by atoms with Gasteiger partial charge in [-0.3, -0.25) is 19.9 Å². The van der Waals surface area contributed by atoms with Crippen LogP contribution in [0.4, 0.5) is 15.8 Å². The standard InChI is InChI=1S/C15H15FN4O3/c16-12-3-1-10(2-4-12)7-11(15(17)21)8-19-13-5-6-18-9-14(13)20(22)23/h1-6,9,11H,7-8H2,(H2,17,21)(H,18,19)/t11-/m0/s1. The summed E-state index contributed by atoms with van der Waals surface area (Å²) >= 11 is 0. The Labute approximate surface area is 131 Å². The smallest absolute Gasteiger partial charge is 0.310 e. The Kier molecular flexibility index (Phi) is 5.19. The fraction of sp³-hybridized carbons (Fsp3) is 0.200. The van der Waals surface area contributed by atoms with Crippen molar-refractivity contribution >= 4 is 17.3 Å². The zero-order chi connectivity index (χ0) is 16.8. The van der Waals surface area contributed by atoms with Gasteiger partial charge in [0, 0.05) is 12.7 Å². The number of pyridine rings is 1. The summed E-state index contributed by atoms with van der Waals surface area (Å²) in [6.45, 7) is 0.123. The average molecular weight is 318 g/mol. The molecule has 0 radical (unpaired) electrons. The van der Waals surface area contributed by atoms with Gasteiger partial charge in [0.05, 0.1) is 10.8 Å². The molecule has 23 heavy (non-hydrogen) atoms. The van der Waals surface area contributed by atoms with Crippen LogP contribution in [0.3, 0.4) is 0 Å². The number of halogens is 1. The molecule has 0 saturated carbocycles. The highest BCUT2D eigenvalue weighted by Crippen LogP contribution is 2.22. The maximum atomic E-state index is 12.9. The van der Waals surface area contributed by atoms with E-state index in [1.54, 1.807) is 12.1 Å². The van der Waals surface area contributed by atoms with Crippen LogP contribution < -0.4 is 11.1 Å². The first kappa shape index (κ1) is 16.3. The van der Waals surface area contributed by atoms with Crippen LogP contribution in [-0.4, -0.2) is 22.4 Å². The molecule has 120 valence electrons. The lowest BCUT2D eigenvalue weighted by molar-refractivity contribution is -0.384. The molecular weight excluding hydrogens is 303 g/mol. The van der Waals surface area contributed by atoms with E-state index < -0.39 is 16.7 Å². The van der Waals surface area contributed by atoms with E-state index in [9.17, 15) is 19.3 Å². The minimum Gasteiger partial charge on any atom is -0.379 e. The number of nitrogens with zero attached hydrogens (tertiary/aromatic N) is 2. The zero-order valence-corrected chi connectivity index (χ0v) is 12.1. The van der Waals surface area contributed by atoms with E-state index in [1.807, 2.05) is 0 Å². The molecule has 0 unspecified atom stereocenters. The van der Waals surface area contributed by atoms with Crippen molar-refractivity contribution in [3.63, 3.8) is 0 Å². The minimum absolute atomic E-state index is 0.123. The van der Waals surface area contributed by atoms with Crippen LogP contribution in [0, 0.1) is 21.8 Å². The normalized spacial score (nSPS) is 11.7. The van der Waals surface area contributed by atoms with Gasteiger partial charge in [-0.05, 0) is 30.2 Å². The van der Waals surface area contributed by atoms with Crippen LogP contribution in [0.25, 0.3) is 0 Å². The van der Waals surface area contributed by atoms with E-state index in [2.05, 4.69) is 10.3 Å². The van der Waals surface area contributed by atoms with E-state index in [-0.39, 0.29) is 23.7 Å². The summed E-state index contributed by atoms with van der Waals surface area (Å²) in [5.41, 5.74) is 6.21. The summed E-state index contributed by atoms with van der Waals surface area (Å²) in [6.07, 6.45) is 2.84. The summed E-state index contributed by atoms with van der Waals surface area (Å²) < 4.78 is 12.9. The van der Waals surface area contributed by atoms with Gasteiger partial charge in [-0.1, -0.05) is 12.1 Å². The van der Waals surface area contributed by atoms with E-state index in [0.29, 0.717) is 6.42 Å². The molecule has 0 bridgehead atoms. The molecule has 0 aliphatic rings. The van der Waals surface area contributed by atoms with Crippen molar-refractivity contribution in [2.75, 3.05) is 11.9 Å². The van der Waals surface area contributed by atoms with Gasteiger partial charge in [0.1, 0.15) is 17.7 Å². The first-order valence-corrected chi connectivity index (χ1v) is 6.83. The number of hydrogen-bond donors (Lipinski definition) is 2. The molecule has 0 aliphatic heterocycles. The number of aromatic nitrogens is 1. The molecule has 8 heteroatoms. The number of nitro groups is 1. The van der Waals surface area contributed by atoms with Crippen molar-refractivity contribution in [3.05, 3.63) is 64.2 Å². The summed E-state index contributed by atoms with van der Waals surface area (Å²) in [4.78, 5) is 25.6. The second-order valence-corrected chi connectivity index (χ2v) is 4.96. The molecule has 1 atom stereocenters. The highest BCUT2D eigenvalue weighted by molar-refractivity contribution is 5.78. The highest BCUT2D eigenvalue weighted by Gasteiger charge is 2.19. The number of benzene rings is 1. The van der Waals surface area contributed by atoms with Crippen molar-refractivity contribution in [3.8, 4) is 0 Å². The van der Waals surface area contributed by atoms with Gasteiger partial charge in [-0.25, -0.2) is 4.39 Å². The van der Waals surface area contributed by atoms with Gasteiger partial charge in [0.15, 0.2) is 0 Å². The number of anilines is 1. The van der Waals surface area contributed by atoms with Crippen LogP contribution in [-0.2, 0) is 11.2 Å². The molecule has 0 spiro atoms. The van der Waals surface area contributed by atoms with Crippen molar-refractivity contribution in [1.82, 2.24) is 4.98 Å². The molecule has 1 heterocycles. The number of carbonyl (C=O) groups excluding carboxylic acids is 1. The van der Waals surface area contributed by atoms with Gasteiger partial charge in [0.2, 0.25) is 5.91 Å². The summed E-state index contributed by atoms with van der Waals surface area (Å²) in [5, 5.41) is 13.8. The lowest BCUT2D eigenvalue weighted by Gasteiger charge is -2.15. The predicted molar refractivity (Wildman–Crippen MR) is 82.2 cm³/mol. The monoisotopic (exact) mass is 318 g/mol. The van der Waals surface area contributed by atoms with E-state index in [4.69, 9.17) is 5.73 Å². The van der Waals surface area contributed by atoms with E-state index >= 15 is 0 Å². The molecule has 0 fully saturated rings. The van der Waals surface area contributed by atoms with Crippen LogP contribution in [0.1, 0.15) is 5.56 Å². The van der Waals surface area contributed by atoms with Crippen molar-refractivity contribution < 1.29 is 14.1 Å². The number of amides is 1. The first-order valence-electron chi connectivity index (χ1n) is 6.83. The van der Waals surface area contributed by atoms with E-state index in [1.165, 1.54) is 24.4 Å². The number of nitrogens with one attached hydrogen (secondary N) is 1. The van der Waals surface area contributed by atoms with Crippen molar-refractivity contribution in [1.29, 1.82) is 0 Å². The maximum Gasteiger partial charge on any atom is 0.310 e. The molecule has 1 aromatic carbocycles. The van der Waals surface area contributed by atoms with E-state index in [0.717, 1.165) is 11.8 Å². The van der Waals surface area contributed by atoms with Gasteiger partial charge in [-0.2, -0.15) is 0 Å². The van der Waals surface area contributed by atoms with Crippen LogP contribution in [0.2, 0.25) is 0 Å².